The fourth-order valence-corrected chi connectivity index (χ4v) is 8.85. The van der Waals surface area contributed by atoms with Crippen LogP contribution in [-0.2, 0) is 4.79 Å². The summed E-state index contributed by atoms with van der Waals surface area (Å²) in [6.45, 7) is 13.9. The summed E-state index contributed by atoms with van der Waals surface area (Å²) in [5.74, 6) is 3.58. The molecule has 0 radical (unpaired) electrons. The Morgan fingerprint density at radius 1 is 1.11 bits per heavy atom. The number of hydrogen-bond donors (Lipinski definition) is 1. The SMILES string of the molecule is CC(C)[Si](C#CC1CCCC(=O)N1)(C(C)C)C(C)C. The van der Waals surface area contributed by atoms with Gasteiger partial charge in [0.25, 0.3) is 0 Å². The Bertz CT molecular complexity index is 354. The van der Waals surface area contributed by atoms with Gasteiger partial charge in [-0.25, -0.2) is 0 Å². The summed E-state index contributed by atoms with van der Waals surface area (Å²) in [5.41, 5.74) is 5.65. The van der Waals surface area contributed by atoms with Crippen LogP contribution in [0.1, 0.15) is 60.8 Å². The summed E-state index contributed by atoms with van der Waals surface area (Å²) in [4.78, 5) is 11.4. The van der Waals surface area contributed by atoms with E-state index in [1.807, 2.05) is 0 Å². The third kappa shape index (κ3) is 3.63. The molecular formula is C16H29NOSi. The van der Waals surface area contributed by atoms with Gasteiger partial charge in [-0.3, -0.25) is 4.79 Å². The molecule has 1 heterocycles. The van der Waals surface area contributed by atoms with Crippen LogP contribution < -0.4 is 5.32 Å². The van der Waals surface area contributed by atoms with Gasteiger partial charge in [0, 0.05) is 6.42 Å². The smallest absolute Gasteiger partial charge is 0.220 e. The number of nitrogens with one attached hydrogen (secondary N) is 1. The van der Waals surface area contributed by atoms with Crippen LogP contribution in [0.25, 0.3) is 0 Å². The zero-order valence-corrected chi connectivity index (χ0v) is 14.3. The van der Waals surface area contributed by atoms with Gasteiger partial charge in [0.05, 0.1) is 6.04 Å². The molecule has 1 saturated heterocycles. The van der Waals surface area contributed by atoms with Crippen molar-refractivity contribution in [3.63, 3.8) is 0 Å². The predicted octanol–water partition coefficient (Wildman–Crippen LogP) is 3.88. The van der Waals surface area contributed by atoms with E-state index in [0.717, 1.165) is 12.8 Å². The monoisotopic (exact) mass is 279 g/mol. The van der Waals surface area contributed by atoms with Crippen molar-refractivity contribution in [1.82, 2.24) is 5.32 Å². The van der Waals surface area contributed by atoms with Crippen LogP contribution >= 0.6 is 0 Å². The van der Waals surface area contributed by atoms with E-state index < -0.39 is 8.07 Å². The molecule has 0 saturated carbocycles. The van der Waals surface area contributed by atoms with Crippen molar-refractivity contribution in [1.29, 1.82) is 0 Å². The molecule has 2 nitrogen and oxygen atoms in total. The van der Waals surface area contributed by atoms with Gasteiger partial charge >= 0.3 is 0 Å². The summed E-state index contributed by atoms with van der Waals surface area (Å²) in [6.07, 6.45) is 2.65. The van der Waals surface area contributed by atoms with Crippen LogP contribution in [0.3, 0.4) is 0 Å². The Labute approximate surface area is 119 Å². The van der Waals surface area contributed by atoms with Gasteiger partial charge < -0.3 is 5.32 Å². The molecule has 1 fully saturated rings. The molecular weight excluding hydrogens is 250 g/mol. The van der Waals surface area contributed by atoms with Crippen molar-refractivity contribution in [2.75, 3.05) is 0 Å². The lowest BCUT2D eigenvalue weighted by Gasteiger charge is -2.38. The molecule has 0 aromatic rings. The lowest BCUT2D eigenvalue weighted by atomic mass is 10.1. The second kappa shape index (κ2) is 6.61. The number of amides is 1. The highest BCUT2D eigenvalue weighted by atomic mass is 28.3. The van der Waals surface area contributed by atoms with Crippen molar-refractivity contribution in [3.8, 4) is 11.5 Å². The van der Waals surface area contributed by atoms with Crippen LogP contribution in [0.5, 0.6) is 0 Å². The van der Waals surface area contributed by atoms with Gasteiger partial charge in [-0.2, -0.15) is 0 Å². The van der Waals surface area contributed by atoms with E-state index in [4.69, 9.17) is 0 Å². The van der Waals surface area contributed by atoms with Crippen LogP contribution in [0.4, 0.5) is 0 Å². The fraction of sp³-hybridized carbons (Fsp3) is 0.812. The Balaban J connectivity index is 2.98. The van der Waals surface area contributed by atoms with E-state index in [1.54, 1.807) is 0 Å². The minimum atomic E-state index is -1.65. The van der Waals surface area contributed by atoms with E-state index in [9.17, 15) is 4.79 Å². The molecule has 3 heteroatoms. The molecule has 19 heavy (non-hydrogen) atoms. The van der Waals surface area contributed by atoms with Crippen LogP contribution in [-0.4, -0.2) is 20.0 Å². The minimum absolute atomic E-state index is 0.0874. The van der Waals surface area contributed by atoms with E-state index >= 15 is 0 Å². The lowest BCUT2D eigenvalue weighted by Crippen LogP contribution is -2.44. The first kappa shape index (κ1) is 16.3. The fourth-order valence-electron chi connectivity index (χ4n) is 3.56. The summed E-state index contributed by atoms with van der Waals surface area (Å²) in [5, 5.41) is 3.02. The maximum Gasteiger partial charge on any atom is 0.220 e. The number of rotatable bonds is 3. The standard InChI is InChI=1S/C16H29NOSi/c1-12(2)19(13(3)4,14(5)6)11-10-15-8-7-9-16(18)17-15/h12-15H,7-9H2,1-6H3,(H,17,18). The summed E-state index contributed by atoms with van der Waals surface area (Å²) < 4.78 is 0. The highest BCUT2D eigenvalue weighted by Crippen LogP contribution is 2.40. The first-order valence-corrected chi connectivity index (χ1v) is 9.86. The van der Waals surface area contributed by atoms with Gasteiger partial charge in [-0.05, 0) is 29.5 Å². The molecule has 0 aromatic carbocycles. The van der Waals surface area contributed by atoms with Crippen LogP contribution in [0.2, 0.25) is 16.6 Å². The molecule has 108 valence electrons. The van der Waals surface area contributed by atoms with Gasteiger partial charge in [0.15, 0.2) is 0 Å². The van der Waals surface area contributed by atoms with Gasteiger partial charge in [0.1, 0.15) is 8.07 Å². The molecule has 0 spiro atoms. The molecule has 1 atom stereocenters. The average Bonchev–Trinajstić information content (AvgIpc) is 2.28. The second-order valence-electron chi connectivity index (χ2n) is 6.68. The molecule has 1 unspecified atom stereocenters. The van der Waals surface area contributed by atoms with Crippen molar-refractivity contribution < 1.29 is 4.79 Å². The Morgan fingerprint density at radius 3 is 2.05 bits per heavy atom. The molecule has 1 amide bonds. The quantitative estimate of drug-likeness (QED) is 0.616. The third-order valence-corrected chi connectivity index (χ3v) is 10.9. The van der Waals surface area contributed by atoms with E-state index in [-0.39, 0.29) is 11.9 Å². The number of carbonyl (C=O) groups is 1. The van der Waals surface area contributed by atoms with Crippen LogP contribution in [0.15, 0.2) is 0 Å². The van der Waals surface area contributed by atoms with Crippen LogP contribution in [0, 0.1) is 11.5 Å². The van der Waals surface area contributed by atoms with Crippen molar-refractivity contribution in [3.05, 3.63) is 0 Å². The maximum absolute atomic E-state index is 11.4. The van der Waals surface area contributed by atoms with E-state index in [1.165, 1.54) is 0 Å². The average molecular weight is 280 g/mol. The number of carbonyl (C=O) groups excluding carboxylic acids is 1. The molecule has 0 bridgehead atoms. The lowest BCUT2D eigenvalue weighted by molar-refractivity contribution is -0.122. The molecule has 1 rings (SSSR count). The van der Waals surface area contributed by atoms with Gasteiger partial charge in [0.2, 0.25) is 5.91 Å². The normalized spacial score (nSPS) is 20.5. The summed E-state index contributed by atoms with van der Waals surface area (Å²) in [6, 6.07) is 0.0874. The zero-order chi connectivity index (χ0) is 14.6. The van der Waals surface area contributed by atoms with E-state index in [2.05, 4.69) is 58.3 Å². The molecule has 1 N–H and O–H groups in total. The molecule has 1 aliphatic rings. The van der Waals surface area contributed by atoms with E-state index in [0.29, 0.717) is 23.0 Å². The van der Waals surface area contributed by atoms with Crippen molar-refractivity contribution in [2.45, 2.75) is 83.5 Å². The highest BCUT2D eigenvalue weighted by molar-refractivity contribution is 6.90. The minimum Gasteiger partial charge on any atom is -0.342 e. The van der Waals surface area contributed by atoms with Gasteiger partial charge in [-0.15, -0.1) is 5.54 Å². The highest BCUT2D eigenvalue weighted by Gasteiger charge is 2.41. The second-order valence-corrected chi connectivity index (χ2v) is 12.3. The summed E-state index contributed by atoms with van der Waals surface area (Å²) in [7, 11) is -1.65. The number of piperidine rings is 1. The van der Waals surface area contributed by atoms with Crippen molar-refractivity contribution in [2.24, 2.45) is 0 Å². The third-order valence-electron chi connectivity index (χ3n) is 4.56. The molecule has 1 aliphatic heterocycles. The topological polar surface area (TPSA) is 29.1 Å². The molecule has 0 aromatic heterocycles. The Hall–Kier alpha value is -0.753. The predicted molar refractivity (Wildman–Crippen MR) is 84.6 cm³/mol. The first-order chi connectivity index (χ1) is 8.80. The Morgan fingerprint density at radius 2 is 1.63 bits per heavy atom. The maximum atomic E-state index is 11.4. The summed E-state index contributed by atoms with van der Waals surface area (Å²) >= 11 is 0. The first-order valence-electron chi connectivity index (χ1n) is 7.62. The van der Waals surface area contributed by atoms with Gasteiger partial charge in [-0.1, -0.05) is 47.5 Å². The Kier molecular flexibility index (Phi) is 5.67. The largest absolute Gasteiger partial charge is 0.342 e. The van der Waals surface area contributed by atoms with Crippen molar-refractivity contribution >= 4 is 14.0 Å². The number of hydrogen-bond acceptors (Lipinski definition) is 1. The zero-order valence-electron chi connectivity index (χ0n) is 13.3. The molecule has 0 aliphatic carbocycles.